The van der Waals surface area contributed by atoms with E-state index in [1.165, 1.54) is 11.3 Å². The molecule has 4 nitrogen and oxygen atoms in total. The second kappa shape index (κ2) is 7.55. The minimum Gasteiger partial charge on any atom is -0.302 e. The molecule has 20 heavy (non-hydrogen) atoms. The molecule has 0 saturated heterocycles. The molecular weight excluding hydrogens is 268 g/mol. The van der Waals surface area contributed by atoms with E-state index in [-0.39, 0.29) is 0 Å². The van der Waals surface area contributed by atoms with Crippen LogP contribution in [0.5, 0.6) is 0 Å². The van der Waals surface area contributed by atoms with E-state index in [4.69, 9.17) is 0 Å². The van der Waals surface area contributed by atoms with E-state index >= 15 is 0 Å². The second-order valence-corrected chi connectivity index (χ2v) is 6.47. The molecule has 0 aliphatic carbocycles. The lowest BCUT2D eigenvalue weighted by atomic mass is 10.1. The molecule has 0 radical (unpaired) electrons. The van der Waals surface area contributed by atoms with Gasteiger partial charge in [-0.2, -0.15) is 5.10 Å². The average Bonchev–Trinajstić information content (AvgIpc) is 3.05. The molecule has 2 aromatic rings. The van der Waals surface area contributed by atoms with E-state index in [1.54, 1.807) is 6.33 Å². The molecule has 0 bridgehead atoms. The molecule has 0 spiro atoms. The Bertz CT molecular complexity index is 490. The Kier molecular flexibility index (Phi) is 5.73. The molecule has 0 amide bonds. The normalized spacial score (nSPS) is 13.0. The summed E-state index contributed by atoms with van der Waals surface area (Å²) in [5.74, 6) is 1.61. The maximum Gasteiger partial charge on any atom is 0.140 e. The predicted molar refractivity (Wildman–Crippen MR) is 83.7 cm³/mol. The maximum absolute atomic E-state index is 4.38. The maximum atomic E-state index is 4.38. The smallest absolute Gasteiger partial charge is 0.140 e. The fourth-order valence-electron chi connectivity index (χ4n) is 2.26. The van der Waals surface area contributed by atoms with E-state index in [1.807, 2.05) is 16.0 Å². The molecule has 2 heterocycles. The van der Waals surface area contributed by atoms with Crippen LogP contribution >= 0.6 is 11.3 Å². The minimum atomic E-state index is 0.421. The Morgan fingerprint density at radius 2 is 2.25 bits per heavy atom. The molecule has 5 heteroatoms. The Morgan fingerprint density at radius 1 is 1.40 bits per heavy atom. The van der Waals surface area contributed by atoms with Crippen molar-refractivity contribution in [3.63, 3.8) is 0 Å². The van der Waals surface area contributed by atoms with Crippen LogP contribution < -0.4 is 5.32 Å². The van der Waals surface area contributed by atoms with Crippen molar-refractivity contribution < 1.29 is 0 Å². The number of thiophene rings is 1. The largest absolute Gasteiger partial charge is 0.302 e. The first-order chi connectivity index (χ1) is 9.70. The SMILES string of the molecule is CCCC(NCc1ncnn1CC(C)C)c1cccs1. The average molecular weight is 292 g/mol. The van der Waals surface area contributed by atoms with Gasteiger partial charge in [0.05, 0.1) is 6.54 Å². The summed E-state index contributed by atoms with van der Waals surface area (Å²) >= 11 is 1.82. The standard InChI is InChI=1S/C15H24N4S/c1-4-6-13(14-7-5-8-20-14)16-9-15-17-11-18-19(15)10-12(2)3/h5,7-8,11-13,16H,4,6,9-10H2,1-3H3. The van der Waals surface area contributed by atoms with Crippen molar-refractivity contribution in [3.8, 4) is 0 Å². The van der Waals surface area contributed by atoms with Crippen LogP contribution in [0.15, 0.2) is 23.8 Å². The molecule has 1 unspecified atom stereocenters. The minimum absolute atomic E-state index is 0.421. The van der Waals surface area contributed by atoms with Gasteiger partial charge in [-0.05, 0) is 23.8 Å². The number of rotatable bonds is 8. The molecular formula is C15H24N4S. The number of nitrogens with one attached hydrogen (secondary N) is 1. The summed E-state index contributed by atoms with van der Waals surface area (Å²) < 4.78 is 2.01. The van der Waals surface area contributed by atoms with E-state index in [0.717, 1.165) is 25.3 Å². The summed E-state index contributed by atoms with van der Waals surface area (Å²) in [6, 6.07) is 4.74. The van der Waals surface area contributed by atoms with Crippen LogP contribution in [0.3, 0.4) is 0 Å². The molecule has 110 valence electrons. The van der Waals surface area contributed by atoms with Crippen molar-refractivity contribution in [2.75, 3.05) is 0 Å². The van der Waals surface area contributed by atoms with Crippen LogP contribution in [0.1, 0.15) is 50.4 Å². The first-order valence-electron chi connectivity index (χ1n) is 7.34. The van der Waals surface area contributed by atoms with Crippen LogP contribution in [-0.4, -0.2) is 14.8 Å². The zero-order valence-electron chi connectivity index (χ0n) is 12.5. The van der Waals surface area contributed by atoms with Gasteiger partial charge >= 0.3 is 0 Å². The number of hydrogen-bond acceptors (Lipinski definition) is 4. The summed E-state index contributed by atoms with van der Waals surface area (Å²) in [5.41, 5.74) is 0. The van der Waals surface area contributed by atoms with Crippen molar-refractivity contribution in [1.82, 2.24) is 20.1 Å². The summed E-state index contributed by atoms with van der Waals surface area (Å²) in [7, 11) is 0. The molecule has 2 aromatic heterocycles. The van der Waals surface area contributed by atoms with Crippen molar-refractivity contribution in [2.24, 2.45) is 5.92 Å². The van der Waals surface area contributed by atoms with Crippen molar-refractivity contribution in [3.05, 3.63) is 34.5 Å². The topological polar surface area (TPSA) is 42.7 Å². The summed E-state index contributed by atoms with van der Waals surface area (Å²) in [6.45, 7) is 8.32. The van der Waals surface area contributed by atoms with E-state index in [0.29, 0.717) is 12.0 Å². The lowest BCUT2D eigenvalue weighted by Crippen LogP contribution is -2.23. The fourth-order valence-corrected chi connectivity index (χ4v) is 3.10. The van der Waals surface area contributed by atoms with Crippen LogP contribution in [0.2, 0.25) is 0 Å². The van der Waals surface area contributed by atoms with E-state index in [9.17, 15) is 0 Å². The molecule has 1 N–H and O–H groups in total. The van der Waals surface area contributed by atoms with Crippen LogP contribution in [0.25, 0.3) is 0 Å². The first-order valence-corrected chi connectivity index (χ1v) is 8.22. The lowest BCUT2D eigenvalue weighted by molar-refractivity contribution is 0.437. The zero-order chi connectivity index (χ0) is 14.4. The Morgan fingerprint density at radius 3 is 2.90 bits per heavy atom. The van der Waals surface area contributed by atoms with E-state index in [2.05, 4.69) is 53.7 Å². The number of hydrogen-bond donors (Lipinski definition) is 1. The molecule has 1 atom stereocenters. The van der Waals surface area contributed by atoms with Gasteiger partial charge in [0.1, 0.15) is 12.2 Å². The predicted octanol–water partition coefficient (Wildman–Crippen LogP) is 3.63. The van der Waals surface area contributed by atoms with Gasteiger partial charge in [-0.25, -0.2) is 9.67 Å². The van der Waals surface area contributed by atoms with Gasteiger partial charge in [0, 0.05) is 17.5 Å². The summed E-state index contributed by atoms with van der Waals surface area (Å²) in [4.78, 5) is 5.78. The Labute approximate surface area is 125 Å². The zero-order valence-corrected chi connectivity index (χ0v) is 13.4. The third kappa shape index (κ3) is 4.15. The summed E-state index contributed by atoms with van der Waals surface area (Å²) in [5, 5.41) is 10.1. The first kappa shape index (κ1) is 15.2. The molecule has 2 rings (SSSR count). The fraction of sp³-hybridized carbons (Fsp3) is 0.600. The van der Waals surface area contributed by atoms with Gasteiger partial charge < -0.3 is 5.32 Å². The van der Waals surface area contributed by atoms with Crippen molar-refractivity contribution in [2.45, 2.75) is 52.7 Å². The van der Waals surface area contributed by atoms with Crippen molar-refractivity contribution >= 4 is 11.3 Å². The van der Waals surface area contributed by atoms with Crippen LogP contribution in [0, 0.1) is 5.92 Å². The summed E-state index contributed by atoms with van der Waals surface area (Å²) in [6.07, 6.45) is 3.98. The molecule has 0 aliphatic rings. The molecule has 0 fully saturated rings. The van der Waals surface area contributed by atoms with Crippen LogP contribution in [-0.2, 0) is 13.1 Å². The van der Waals surface area contributed by atoms with Gasteiger partial charge in [0.25, 0.3) is 0 Å². The molecule has 0 aliphatic heterocycles. The Hall–Kier alpha value is -1.20. The highest BCUT2D eigenvalue weighted by molar-refractivity contribution is 7.10. The van der Waals surface area contributed by atoms with Gasteiger partial charge in [0.15, 0.2) is 0 Å². The number of aromatic nitrogens is 3. The van der Waals surface area contributed by atoms with Gasteiger partial charge in [0.2, 0.25) is 0 Å². The third-order valence-electron chi connectivity index (χ3n) is 3.20. The number of nitrogens with zero attached hydrogens (tertiary/aromatic N) is 3. The van der Waals surface area contributed by atoms with Gasteiger partial charge in [-0.3, -0.25) is 0 Å². The monoisotopic (exact) mass is 292 g/mol. The Balaban J connectivity index is 1.97. The van der Waals surface area contributed by atoms with Crippen LogP contribution in [0.4, 0.5) is 0 Å². The quantitative estimate of drug-likeness (QED) is 0.808. The van der Waals surface area contributed by atoms with Gasteiger partial charge in [-0.1, -0.05) is 33.3 Å². The highest BCUT2D eigenvalue weighted by Crippen LogP contribution is 2.23. The molecule has 0 aromatic carbocycles. The molecule has 0 saturated carbocycles. The highest BCUT2D eigenvalue weighted by atomic mass is 32.1. The third-order valence-corrected chi connectivity index (χ3v) is 4.19. The van der Waals surface area contributed by atoms with Gasteiger partial charge in [-0.15, -0.1) is 11.3 Å². The highest BCUT2D eigenvalue weighted by Gasteiger charge is 2.13. The van der Waals surface area contributed by atoms with Crippen molar-refractivity contribution in [1.29, 1.82) is 0 Å². The van der Waals surface area contributed by atoms with E-state index < -0.39 is 0 Å². The second-order valence-electron chi connectivity index (χ2n) is 5.49. The lowest BCUT2D eigenvalue weighted by Gasteiger charge is -2.17.